The van der Waals surface area contributed by atoms with Gasteiger partial charge in [0.15, 0.2) is 0 Å². The Hall–Kier alpha value is -4.34. The van der Waals surface area contributed by atoms with E-state index in [-0.39, 0.29) is 29.6 Å². The van der Waals surface area contributed by atoms with E-state index in [0.717, 1.165) is 79.2 Å². The van der Waals surface area contributed by atoms with Crippen molar-refractivity contribution in [3.63, 3.8) is 0 Å². The molecule has 3 aliphatic heterocycles. The second kappa shape index (κ2) is 14.6. The number of fused-ring (bicyclic) bond motifs is 2. The van der Waals surface area contributed by atoms with Gasteiger partial charge in [0, 0.05) is 72.1 Å². The number of piperidine rings is 2. The number of benzene rings is 3. The van der Waals surface area contributed by atoms with Crippen LogP contribution in [-0.2, 0) is 19.1 Å². The zero-order chi connectivity index (χ0) is 32.9. The minimum Gasteiger partial charge on any atom is -0.545 e. The number of carboxylic acids is 1. The molecule has 2 saturated heterocycles. The van der Waals surface area contributed by atoms with Crippen molar-refractivity contribution in [2.45, 2.75) is 77.7 Å². The van der Waals surface area contributed by atoms with Gasteiger partial charge in [0.2, 0.25) is 5.36 Å². The van der Waals surface area contributed by atoms with Crippen molar-refractivity contribution in [1.29, 1.82) is 0 Å². The molecule has 0 radical (unpaired) electrons. The monoisotopic (exact) mass is 638 g/mol. The molecule has 2 atom stereocenters. The number of Topliss-reactive ketones (excluding diaryl/α,β-unsaturated/α-hetero) is 2. The molecule has 246 valence electrons. The summed E-state index contributed by atoms with van der Waals surface area (Å²) < 4.78 is 21.3. The number of hydrogen-bond donors (Lipinski definition) is 0. The molecule has 0 amide bonds. The van der Waals surface area contributed by atoms with Crippen LogP contribution in [0.1, 0.15) is 75.6 Å². The third-order valence-electron chi connectivity index (χ3n) is 9.19. The van der Waals surface area contributed by atoms with Crippen LogP contribution in [0.3, 0.4) is 0 Å². The molecule has 0 spiro atoms. The maximum absolute atomic E-state index is 12.3. The molecular weight excluding hydrogens is 596 g/mol. The average Bonchev–Trinajstić information content (AvgIpc) is 3.07. The van der Waals surface area contributed by atoms with E-state index < -0.39 is 5.97 Å². The van der Waals surface area contributed by atoms with Gasteiger partial charge < -0.3 is 28.7 Å². The summed E-state index contributed by atoms with van der Waals surface area (Å²) in [6.07, 6.45) is 6.35. The SMILES string of the molecule is CC(=O)CCOC1CCCCN1c1ccc2c(-c3ccccc3C(=O)[O-])c3cc/c(=[N+]4\CCCCC4OCCC(C)=O)cc-3oc2c1. The predicted molar refractivity (Wildman–Crippen MR) is 178 cm³/mol. The summed E-state index contributed by atoms with van der Waals surface area (Å²) in [6, 6.07) is 19.0. The highest BCUT2D eigenvalue weighted by Crippen LogP contribution is 2.42. The molecule has 4 aliphatic rings. The number of carbonyl (C=O) groups excluding carboxylic acids is 3. The fourth-order valence-corrected chi connectivity index (χ4v) is 6.81. The van der Waals surface area contributed by atoms with Crippen molar-refractivity contribution < 1.29 is 33.4 Å². The van der Waals surface area contributed by atoms with Gasteiger partial charge in [-0.1, -0.05) is 24.3 Å². The second-order valence-electron chi connectivity index (χ2n) is 12.6. The summed E-state index contributed by atoms with van der Waals surface area (Å²) >= 11 is 0. The van der Waals surface area contributed by atoms with Crippen molar-refractivity contribution in [2.75, 3.05) is 31.2 Å². The Kier molecular flexibility index (Phi) is 10.1. The van der Waals surface area contributed by atoms with Crippen LogP contribution in [0, 0.1) is 0 Å². The Morgan fingerprint density at radius 3 is 2.43 bits per heavy atom. The maximum Gasteiger partial charge on any atom is 0.257 e. The molecule has 9 heteroatoms. The first-order valence-corrected chi connectivity index (χ1v) is 16.7. The fourth-order valence-electron chi connectivity index (χ4n) is 6.81. The number of nitrogens with zero attached hydrogens (tertiary/aromatic N) is 2. The lowest BCUT2D eigenvalue weighted by Crippen LogP contribution is -2.44. The first-order valence-electron chi connectivity index (χ1n) is 16.7. The van der Waals surface area contributed by atoms with E-state index in [0.29, 0.717) is 43.0 Å². The predicted octanol–water partition coefficient (Wildman–Crippen LogP) is 5.16. The molecule has 9 nitrogen and oxygen atoms in total. The number of hydrogen-bond acceptors (Lipinski definition) is 8. The van der Waals surface area contributed by atoms with E-state index in [9.17, 15) is 19.5 Å². The number of rotatable bonds is 11. The normalized spacial score (nSPS) is 19.7. The molecular formula is C38H42N2O7. The zero-order valence-corrected chi connectivity index (χ0v) is 27.2. The molecule has 6 rings (SSSR count). The van der Waals surface area contributed by atoms with Gasteiger partial charge >= 0.3 is 0 Å². The van der Waals surface area contributed by atoms with E-state index in [1.165, 1.54) is 0 Å². The van der Waals surface area contributed by atoms with E-state index >= 15 is 0 Å². The Balaban J connectivity index is 1.50. The lowest BCUT2D eigenvalue weighted by Gasteiger charge is -2.37. The second-order valence-corrected chi connectivity index (χ2v) is 12.6. The van der Waals surface area contributed by atoms with Crippen LogP contribution in [0.2, 0.25) is 0 Å². The molecule has 0 aromatic heterocycles. The van der Waals surface area contributed by atoms with Crippen LogP contribution < -0.4 is 19.9 Å². The Bertz CT molecular complexity index is 1830. The van der Waals surface area contributed by atoms with Gasteiger partial charge in [0.1, 0.15) is 35.7 Å². The summed E-state index contributed by atoms with van der Waals surface area (Å²) in [6.45, 7) is 5.53. The molecule has 0 N–H and O–H groups in total. The van der Waals surface area contributed by atoms with Gasteiger partial charge in [-0.25, -0.2) is 4.58 Å². The molecule has 0 bridgehead atoms. The van der Waals surface area contributed by atoms with E-state index in [2.05, 4.69) is 9.48 Å². The third-order valence-corrected chi connectivity index (χ3v) is 9.19. The highest BCUT2D eigenvalue weighted by Gasteiger charge is 2.29. The lowest BCUT2D eigenvalue weighted by atomic mass is 9.90. The summed E-state index contributed by atoms with van der Waals surface area (Å²) in [5.41, 5.74) is 3.79. The highest BCUT2D eigenvalue weighted by atomic mass is 16.5. The van der Waals surface area contributed by atoms with Gasteiger partial charge in [0.25, 0.3) is 6.23 Å². The maximum atomic E-state index is 12.3. The molecule has 3 heterocycles. The standard InChI is InChI=1S/C38H42N2O7/c1-25(41)17-21-45-35-11-5-7-19-39(35)27-13-15-31-33(23-27)47-34-24-28(40-20-8-6-12-36(40)46-22-18-26(2)42)14-16-32(34)37(31)29-9-3-4-10-30(29)38(43)44/h3-4,9-10,13-16,23-24,35-36H,5-8,11-12,17-22H2,1-2H3. The van der Waals surface area contributed by atoms with Gasteiger partial charge in [-0.15, -0.1) is 0 Å². The van der Waals surface area contributed by atoms with Gasteiger partial charge in [-0.05, 0) is 63.3 Å². The fraction of sp³-hybridized carbons (Fsp3) is 0.421. The first kappa shape index (κ1) is 32.6. The van der Waals surface area contributed by atoms with Crippen molar-refractivity contribution in [2.24, 2.45) is 0 Å². The van der Waals surface area contributed by atoms with Crippen LogP contribution in [-0.4, -0.2) is 56.3 Å². The van der Waals surface area contributed by atoms with Crippen LogP contribution in [0.5, 0.6) is 0 Å². The molecule has 1 aliphatic carbocycles. The molecule has 47 heavy (non-hydrogen) atoms. The summed E-state index contributed by atoms with van der Waals surface area (Å²) in [7, 11) is 0. The lowest BCUT2D eigenvalue weighted by molar-refractivity contribution is -0.254. The third kappa shape index (κ3) is 7.31. The largest absolute Gasteiger partial charge is 0.545 e. The average molecular weight is 639 g/mol. The van der Waals surface area contributed by atoms with Crippen LogP contribution in [0.4, 0.5) is 5.69 Å². The van der Waals surface area contributed by atoms with Crippen LogP contribution in [0.25, 0.3) is 33.4 Å². The van der Waals surface area contributed by atoms with E-state index in [4.69, 9.17) is 13.9 Å². The Morgan fingerprint density at radius 2 is 1.64 bits per heavy atom. The van der Waals surface area contributed by atoms with Crippen molar-refractivity contribution in [3.8, 4) is 22.5 Å². The van der Waals surface area contributed by atoms with Crippen molar-refractivity contribution >= 4 is 34.2 Å². The number of ether oxygens (including phenoxy) is 2. The molecule has 2 unspecified atom stereocenters. The number of carbonyl (C=O) groups is 3. The molecule has 2 aromatic carbocycles. The summed E-state index contributed by atoms with van der Waals surface area (Å²) in [5.74, 6) is -0.415. The molecule has 2 aromatic rings. The minimum absolute atomic E-state index is 0.103. The quantitative estimate of drug-likeness (QED) is 0.164. The number of anilines is 1. The zero-order valence-electron chi connectivity index (χ0n) is 27.2. The topological polar surface area (TPSA) is 112 Å². The van der Waals surface area contributed by atoms with E-state index in [1.807, 2.05) is 48.5 Å². The van der Waals surface area contributed by atoms with E-state index in [1.54, 1.807) is 26.0 Å². The van der Waals surface area contributed by atoms with Crippen molar-refractivity contribution in [3.05, 3.63) is 71.6 Å². The number of ketones is 2. The highest BCUT2D eigenvalue weighted by molar-refractivity contribution is 6.07. The Morgan fingerprint density at radius 1 is 0.872 bits per heavy atom. The first-order chi connectivity index (χ1) is 22.8. The van der Waals surface area contributed by atoms with Crippen LogP contribution in [0.15, 0.2) is 65.1 Å². The summed E-state index contributed by atoms with van der Waals surface area (Å²) in [4.78, 5) is 37.6. The number of aromatic carboxylic acids is 1. The smallest absolute Gasteiger partial charge is 0.257 e. The van der Waals surface area contributed by atoms with Gasteiger partial charge in [0.05, 0.1) is 25.2 Å². The number of carboxylic acid groups (broad SMARTS) is 1. The Labute approximate surface area is 274 Å². The van der Waals surface area contributed by atoms with Crippen LogP contribution >= 0.6 is 0 Å². The molecule has 2 fully saturated rings. The minimum atomic E-state index is -1.24. The summed E-state index contributed by atoms with van der Waals surface area (Å²) in [5, 5.41) is 14.0. The van der Waals surface area contributed by atoms with Gasteiger partial charge in [-0.2, -0.15) is 0 Å². The van der Waals surface area contributed by atoms with Crippen molar-refractivity contribution in [1.82, 2.24) is 4.58 Å². The molecule has 0 saturated carbocycles. The van der Waals surface area contributed by atoms with Gasteiger partial charge in [-0.3, -0.25) is 9.59 Å².